The number of rotatable bonds is 10. The minimum atomic E-state index is 0.0941. The lowest BCUT2D eigenvalue weighted by Crippen LogP contribution is -2.17. The van der Waals surface area contributed by atoms with E-state index in [0.29, 0.717) is 36.1 Å². The van der Waals surface area contributed by atoms with Gasteiger partial charge in [0.2, 0.25) is 0 Å². The van der Waals surface area contributed by atoms with Crippen LogP contribution >= 0.6 is 22.7 Å². The molecule has 0 aromatic carbocycles. The maximum absolute atomic E-state index is 12.3. The standard InChI is InChI=1S/C26H26N6O2S2/c33-21(15-25-27-8-10-35-25)13-19-4-6-23(31-29-19)17-2-1-3-18(12-17)24-7-5-20(30-32-24)14-22(34)16-26-28-9-11-36-26/h4-11,17-18H,1-3,12-16H2/t17-,18-/m0/s1. The highest BCUT2D eigenvalue weighted by atomic mass is 32.1. The van der Waals surface area contributed by atoms with Crippen molar-refractivity contribution in [2.45, 2.75) is 63.2 Å². The van der Waals surface area contributed by atoms with Crippen molar-refractivity contribution in [3.8, 4) is 0 Å². The molecule has 36 heavy (non-hydrogen) atoms. The summed E-state index contributed by atoms with van der Waals surface area (Å²) in [5.74, 6) is 0.795. The lowest BCUT2D eigenvalue weighted by atomic mass is 9.78. The number of carbonyl (C=O) groups excluding carboxylic acids is 2. The molecule has 1 aliphatic carbocycles. The van der Waals surface area contributed by atoms with E-state index < -0.39 is 0 Å². The minimum absolute atomic E-state index is 0.0941. The first kappa shape index (κ1) is 24.5. The number of aromatic nitrogens is 6. The molecule has 1 saturated carbocycles. The molecule has 0 bridgehead atoms. The summed E-state index contributed by atoms with van der Waals surface area (Å²) in [4.78, 5) is 32.9. The topological polar surface area (TPSA) is 111 Å². The Hall–Kier alpha value is -3.24. The van der Waals surface area contributed by atoms with Gasteiger partial charge in [0.1, 0.15) is 11.6 Å². The van der Waals surface area contributed by atoms with Crippen LogP contribution in [0.4, 0.5) is 0 Å². The lowest BCUT2D eigenvalue weighted by molar-refractivity contribution is -0.118. The van der Waals surface area contributed by atoms with Gasteiger partial charge in [0.05, 0.1) is 58.5 Å². The molecule has 0 saturated heterocycles. The van der Waals surface area contributed by atoms with Crippen LogP contribution in [0.5, 0.6) is 0 Å². The van der Waals surface area contributed by atoms with Gasteiger partial charge in [0.15, 0.2) is 0 Å². The summed E-state index contributed by atoms with van der Waals surface area (Å²) in [6.45, 7) is 0. The van der Waals surface area contributed by atoms with Crippen LogP contribution in [0.2, 0.25) is 0 Å². The van der Waals surface area contributed by atoms with Gasteiger partial charge in [-0.2, -0.15) is 20.4 Å². The van der Waals surface area contributed by atoms with Gasteiger partial charge in [-0.1, -0.05) is 6.42 Å². The van der Waals surface area contributed by atoms with E-state index in [1.807, 2.05) is 35.0 Å². The van der Waals surface area contributed by atoms with E-state index in [1.165, 1.54) is 22.7 Å². The Bertz CT molecular complexity index is 1180. The second-order valence-electron chi connectivity index (χ2n) is 9.10. The Kier molecular flexibility index (Phi) is 7.92. The number of nitrogens with zero attached hydrogens (tertiary/aromatic N) is 6. The number of hydrogen-bond donors (Lipinski definition) is 0. The van der Waals surface area contributed by atoms with Crippen molar-refractivity contribution >= 4 is 34.2 Å². The molecule has 4 aromatic heterocycles. The fraction of sp³-hybridized carbons (Fsp3) is 0.385. The molecule has 0 unspecified atom stereocenters. The fourth-order valence-corrected chi connectivity index (χ4v) is 5.93. The molecule has 2 atom stereocenters. The molecule has 8 nitrogen and oxygen atoms in total. The van der Waals surface area contributed by atoms with Crippen LogP contribution in [0.3, 0.4) is 0 Å². The Morgan fingerprint density at radius 3 is 1.58 bits per heavy atom. The smallest absolute Gasteiger partial charge is 0.145 e. The number of carbonyl (C=O) groups is 2. The van der Waals surface area contributed by atoms with Crippen molar-refractivity contribution < 1.29 is 9.59 Å². The van der Waals surface area contributed by atoms with Gasteiger partial charge in [-0.3, -0.25) is 9.59 Å². The number of hydrogen-bond acceptors (Lipinski definition) is 10. The summed E-state index contributed by atoms with van der Waals surface area (Å²) < 4.78 is 0. The fourth-order valence-electron chi connectivity index (χ4n) is 4.64. The Labute approximate surface area is 217 Å². The molecule has 5 rings (SSSR count). The summed E-state index contributed by atoms with van der Waals surface area (Å²) >= 11 is 2.98. The maximum Gasteiger partial charge on any atom is 0.145 e. The van der Waals surface area contributed by atoms with Crippen molar-refractivity contribution in [1.29, 1.82) is 0 Å². The molecule has 0 amide bonds. The SMILES string of the molecule is O=C(Cc1ccc([C@H]2CCC[C@H](c3ccc(CC(=O)Cc4nccs4)nn3)C2)nn1)Cc1nccs1. The zero-order valence-corrected chi connectivity index (χ0v) is 21.4. The molecule has 184 valence electrons. The number of ketones is 2. The monoisotopic (exact) mass is 518 g/mol. The van der Waals surface area contributed by atoms with Crippen LogP contribution < -0.4 is 0 Å². The zero-order valence-electron chi connectivity index (χ0n) is 19.7. The molecule has 1 fully saturated rings. The summed E-state index contributed by atoms with van der Waals surface area (Å²) in [5, 5.41) is 23.0. The predicted molar refractivity (Wildman–Crippen MR) is 137 cm³/mol. The largest absolute Gasteiger partial charge is 0.299 e. The van der Waals surface area contributed by atoms with E-state index in [2.05, 4.69) is 30.4 Å². The van der Waals surface area contributed by atoms with Crippen LogP contribution in [0, 0.1) is 0 Å². The average molecular weight is 519 g/mol. The van der Waals surface area contributed by atoms with E-state index in [0.717, 1.165) is 47.1 Å². The first-order valence-electron chi connectivity index (χ1n) is 12.1. The molecule has 4 aromatic rings. The molecule has 10 heteroatoms. The van der Waals surface area contributed by atoms with Gasteiger partial charge in [-0.15, -0.1) is 22.7 Å². The Balaban J connectivity index is 1.15. The first-order valence-corrected chi connectivity index (χ1v) is 13.8. The molecule has 0 N–H and O–H groups in total. The first-order chi connectivity index (χ1) is 17.6. The molecular weight excluding hydrogens is 492 g/mol. The maximum atomic E-state index is 12.3. The van der Waals surface area contributed by atoms with E-state index in [1.54, 1.807) is 12.4 Å². The lowest BCUT2D eigenvalue weighted by Gasteiger charge is -2.28. The van der Waals surface area contributed by atoms with Crippen LogP contribution in [0.15, 0.2) is 47.4 Å². The summed E-state index contributed by atoms with van der Waals surface area (Å²) in [7, 11) is 0. The van der Waals surface area contributed by atoms with E-state index in [4.69, 9.17) is 0 Å². The number of thiazole rings is 2. The average Bonchev–Trinajstić information content (AvgIpc) is 3.59. The molecule has 1 aliphatic rings. The van der Waals surface area contributed by atoms with E-state index in [9.17, 15) is 9.59 Å². The van der Waals surface area contributed by atoms with Crippen LogP contribution in [0.1, 0.15) is 70.3 Å². The van der Waals surface area contributed by atoms with Gasteiger partial charge >= 0.3 is 0 Å². The molecule has 4 heterocycles. The Morgan fingerprint density at radius 2 is 1.19 bits per heavy atom. The second kappa shape index (κ2) is 11.7. The Morgan fingerprint density at radius 1 is 0.694 bits per heavy atom. The summed E-state index contributed by atoms with van der Waals surface area (Å²) in [6, 6.07) is 7.86. The van der Waals surface area contributed by atoms with Crippen molar-refractivity contribution in [2.75, 3.05) is 0 Å². The van der Waals surface area contributed by atoms with E-state index in [-0.39, 0.29) is 24.4 Å². The summed E-state index contributed by atoms with van der Waals surface area (Å²) in [5.41, 5.74) is 3.32. The second-order valence-corrected chi connectivity index (χ2v) is 11.1. The quantitative estimate of drug-likeness (QED) is 0.305. The van der Waals surface area contributed by atoms with Crippen LogP contribution in [-0.4, -0.2) is 41.9 Å². The van der Waals surface area contributed by atoms with Crippen molar-refractivity contribution in [3.63, 3.8) is 0 Å². The van der Waals surface area contributed by atoms with Gasteiger partial charge < -0.3 is 0 Å². The number of Topliss-reactive ketones (excluding diaryl/α,β-unsaturated/α-hetero) is 2. The molecule has 0 spiro atoms. The summed E-state index contributed by atoms with van der Waals surface area (Å²) in [6.07, 6.45) is 8.79. The third-order valence-electron chi connectivity index (χ3n) is 6.41. The minimum Gasteiger partial charge on any atom is -0.299 e. The zero-order chi connectivity index (χ0) is 24.7. The normalized spacial score (nSPS) is 17.7. The molecular formula is C26H26N6O2S2. The van der Waals surface area contributed by atoms with Gasteiger partial charge in [-0.25, -0.2) is 9.97 Å². The van der Waals surface area contributed by atoms with Crippen LogP contribution in [-0.2, 0) is 35.3 Å². The van der Waals surface area contributed by atoms with Crippen LogP contribution in [0.25, 0.3) is 0 Å². The van der Waals surface area contributed by atoms with Crippen molar-refractivity contribution in [1.82, 2.24) is 30.4 Å². The van der Waals surface area contributed by atoms with Crippen molar-refractivity contribution in [3.05, 3.63) is 80.2 Å². The third-order valence-corrected chi connectivity index (χ3v) is 7.97. The highest BCUT2D eigenvalue weighted by Crippen LogP contribution is 2.39. The van der Waals surface area contributed by atoms with Crippen molar-refractivity contribution in [2.24, 2.45) is 0 Å². The highest BCUT2D eigenvalue weighted by molar-refractivity contribution is 7.09. The third kappa shape index (κ3) is 6.50. The van der Waals surface area contributed by atoms with Gasteiger partial charge in [0.25, 0.3) is 0 Å². The van der Waals surface area contributed by atoms with E-state index >= 15 is 0 Å². The molecule has 0 aliphatic heterocycles. The van der Waals surface area contributed by atoms with Gasteiger partial charge in [-0.05, 0) is 43.5 Å². The molecule has 0 radical (unpaired) electrons. The predicted octanol–water partition coefficient (Wildman–Crippen LogP) is 4.33. The van der Waals surface area contributed by atoms with Gasteiger partial charge in [0, 0.05) is 35.0 Å². The highest BCUT2D eigenvalue weighted by Gasteiger charge is 2.27.